The van der Waals surface area contributed by atoms with E-state index in [4.69, 9.17) is 44.9 Å². The molecule has 0 fully saturated rings. The van der Waals surface area contributed by atoms with Crippen molar-refractivity contribution in [2.24, 2.45) is 0 Å². The fraction of sp³-hybridized carbons (Fsp3) is 0. The summed E-state index contributed by atoms with van der Waals surface area (Å²) in [5.41, 5.74) is 12.4. The molecule has 0 atom stereocenters. The molecule has 0 unspecified atom stereocenters. The quantitative estimate of drug-likeness (QED) is 0.125. The molecule has 86 heavy (non-hydrogen) atoms. The number of rotatable bonds is 11. The van der Waals surface area contributed by atoms with E-state index in [-0.39, 0.29) is 0 Å². The van der Waals surface area contributed by atoms with Gasteiger partial charge in [0.1, 0.15) is 0 Å². The zero-order valence-electron chi connectivity index (χ0n) is 45.9. The Bertz CT molecular complexity index is 4860. The van der Waals surface area contributed by atoms with E-state index in [0.717, 1.165) is 88.7 Å². The fourth-order valence-corrected chi connectivity index (χ4v) is 12.4. The molecule has 0 saturated heterocycles. The van der Waals surface area contributed by atoms with Gasteiger partial charge in [-0.15, -0.1) is 11.3 Å². The van der Waals surface area contributed by atoms with Gasteiger partial charge in [-0.1, -0.05) is 237 Å². The summed E-state index contributed by atoms with van der Waals surface area (Å²) >= 11 is 1.81. The Labute approximate surface area is 498 Å². The maximum Gasteiger partial charge on any atom is 0.166 e. The number of aromatic nitrogens is 10. The Hall–Kier alpha value is -11.5. The van der Waals surface area contributed by atoms with E-state index in [1.54, 1.807) is 0 Å². The molecule has 5 heterocycles. The molecule has 0 saturated carbocycles. The van der Waals surface area contributed by atoms with Crippen LogP contribution in [0.5, 0.6) is 0 Å². The highest BCUT2D eigenvalue weighted by Gasteiger charge is 2.24. The summed E-state index contributed by atoms with van der Waals surface area (Å²) in [5.74, 6) is 4.99. The van der Waals surface area contributed by atoms with Crippen molar-refractivity contribution in [3.63, 3.8) is 0 Å². The molecule has 0 radical (unpaired) electrons. The third kappa shape index (κ3) is 9.30. The summed E-state index contributed by atoms with van der Waals surface area (Å²) in [7, 11) is 0. The van der Waals surface area contributed by atoms with Crippen LogP contribution in [0.1, 0.15) is 0 Å². The van der Waals surface area contributed by atoms with E-state index < -0.39 is 0 Å². The highest BCUT2D eigenvalue weighted by Crippen LogP contribution is 2.43. The summed E-state index contributed by atoms with van der Waals surface area (Å²) in [6.07, 6.45) is 0. The first-order valence-electron chi connectivity index (χ1n) is 28.3. The molecular weight excluding hydrogens is 1070 g/mol. The molecule has 0 amide bonds. The highest BCUT2D eigenvalue weighted by molar-refractivity contribution is 7.25. The number of benzene rings is 11. The summed E-state index contributed by atoms with van der Waals surface area (Å²) in [6, 6.07) is 95.6. The first-order valence-corrected chi connectivity index (χ1v) is 29.2. The molecule has 16 aromatic rings. The third-order valence-corrected chi connectivity index (χ3v) is 16.7. The molecule has 0 aliphatic carbocycles. The van der Waals surface area contributed by atoms with Crippen molar-refractivity contribution >= 4 is 53.3 Å². The minimum Gasteiger partial charge on any atom is -0.308 e. The van der Waals surface area contributed by atoms with Crippen molar-refractivity contribution in [1.82, 2.24) is 49.4 Å². The number of fused-ring (bicyclic) bond motifs is 6. The van der Waals surface area contributed by atoms with Gasteiger partial charge in [0.2, 0.25) is 0 Å². The summed E-state index contributed by atoms with van der Waals surface area (Å²) < 4.78 is 4.81. The summed E-state index contributed by atoms with van der Waals surface area (Å²) in [6.45, 7) is 0. The molecule has 0 aliphatic heterocycles. The second-order valence-electron chi connectivity index (χ2n) is 21.0. The van der Waals surface area contributed by atoms with Crippen molar-refractivity contribution in [3.8, 4) is 119 Å². The van der Waals surface area contributed by atoms with Crippen molar-refractivity contribution < 1.29 is 0 Å². The molecule has 0 spiro atoms. The van der Waals surface area contributed by atoms with Crippen LogP contribution in [0.2, 0.25) is 0 Å². The van der Waals surface area contributed by atoms with Crippen molar-refractivity contribution in [1.29, 1.82) is 0 Å². The van der Waals surface area contributed by atoms with Gasteiger partial charge < -0.3 is 4.57 Å². The van der Waals surface area contributed by atoms with Gasteiger partial charge in [-0.05, 0) is 53.6 Å². The number of nitrogens with zero attached hydrogens (tertiary/aromatic N) is 10. The fourth-order valence-electron chi connectivity index (χ4n) is 11.4. The van der Waals surface area contributed by atoms with E-state index in [1.807, 2.05) is 193 Å². The van der Waals surface area contributed by atoms with Gasteiger partial charge in [-0.2, -0.15) is 0 Å². The van der Waals surface area contributed by atoms with Crippen LogP contribution in [0.4, 0.5) is 0 Å². The van der Waals surface area contributed by atoms with Gasteiger partial charge in [-0.25, -0.2) is 44.9 Å². The van der Waals surface area contributed by atoms with Gasteiger partial charge in [0.25, 0.3) is 0 Å². The zero-order valence-corrected chi connectivity index (χ0v) is 46.8. The number of hydrogen-bond donors (Lipinski definition) is 0. The van der Waals surface area contributed by atoms with Gasteiger partial charge in [0, 0.05) is 81.0 Å². The lowest BCUT2D eigenvalue weighted by Crippen LogP contribution is -2.04. The smallest absolute Gasteiger partial charge is 0.166 e. The van der Waals surface area contributed by atoms with Crippen LogP contribution in [-0.4, -0.2) is 49.4 Å². The van der Waals surface area contributed by atoms with Gasteiger partial charge in [0.05, 0.1) is 16.7 Å². The maximum atomic E-state index is 5.44. The molecule has 5 aromatic heterocycles. The minimum atomic E-state index is 0.508. The molecular formula is C75H46N10S. The van der Waals surface area contributed by atoms with Gasteiger partial charge in [0.15, 0.2) is 52.4 Å². The Morgan fingerprint density at radius 3 is 0.930 bits per heavy atom. The largest absolute Gasteiger partial charge is 0.308 e. The molecule has 0 bridgehead atoms. The van der Waals surface area contributed by atoms with Crippen molar-refractivity contribution in [2.75, 3.05) is 0 Å². The van der Waals surface area contributed by atoms with E-state index >= 15 is 0 Å². The lowest BCUT2D eigenvalue weighted by atomic mass is 9.99. The average molecular weight is 1120 g/mol. The first kappa shape index (κ1) is 50.2. The normalized spacial score (nSPS) is 11.5. The summed E-state index contributed by atoms with van der Waals surface area (Å²) in [4.78, 5) is 47.1. The van der Waals surface area contributed by atoms with Crippen LogP contribution in [0.3, 0.4) is 0 Å². The second-order valence-corrected chi connectivity index (χ2v) is 22.0. The van der Waals surface area contributed by atoms with Crippen LogP contribution >= 0.6 is 11.3 Å². The SMILES string of the molecule is c1ccc(-c2nc(-c3ccccc3)nc(-c3ccc4c5ccc(-c6nc(-c7ccccc7)nc(-c7ccccc7)n6)cc5n(-c5ccc(-c6ccc7sc8ccccc8c7c6)cc5-c5nc(-c6ccccc6)nc(-c6ccccc6)n5)c4c3)n2)cc1. The standard InChI is InChI=1S/C75H46N10S/c1-7-21-47(22-8-1)67-76-68(48-23-9-2-10-24-48)80-73(79-67)55-35-39-57-58-40-36-56(74-81-69(49-25-11-3-12-26-49)77-70(82-74)50-27-13-4-14-28-50)46-64(58)85(63(57)45-55)62-41-37-53(54-38-42-66-60(43-54)59-33-19-20-34-65(59)86-66)44-61(62)75-83-71(51-29-15-5-16-30-51)78-72(84-75)52-31-17-6-18-32-52/h1-46H. The van der Waals surface area contributed by atoms with E-state index in [0.29, 0.717) is 52.4 Å². The van der Waals surface area contributed by atoms with Crippen LogP contribution in [-0.2, 0) is 0 Å². The van der Waals surface area contributed by atoms with Crippen molar-refractivity contribution in [2.45, 2.75) is 0 Å². The molecule has 10 nitrogen and oxygen atoms in total. The molecule has 0 aliphatic rings. The monoisotopic (exact) mass is 1120 g/mol. The molecule has 11 heteroatoms. The Balaban J connectivity index is 0.986. The molecule has 11 aromatic carbocycles. The van der Waals surface area contributed by atoms with Crippen LogP contribution < -0.4 is 0 Å². The minimum absolute atomic E-state index is 0.508. The Kier molecular flexibility index (Phi) is 12.5. The van der Waals surface area contributed by atoms with E-state index in [1.165, 1.54) is 20.2 Å². The first-order chi connectivity index (χ1) is 42.6. The average Bonchev–Trinajstić information content (AvgIpc) is 1.79. The van der Waals surface area contributed by atoms with Crippen LogP contribution in [0, 0.1) is 0 Å². The lowest BCUT2D eigenvalue weighted by molar-refractivity contribution is 1.06. The third-order valence-electron chi connectivity index (χ3n) is 15.6. The topological polar surface area (TPSA) is 121 Å². The maximum absolute atomic E-state index is 5.44. The highest BCUT2D eigenvalue weighted by atomic mass is 32.1. The predicted molar refractivity (Wildman–Crippen MR) is 348 cm³/mol. The van der Waals surface area contributed by atoms with Crippen LogP contribution in [0.15, 0.2) is 279 Å². The number of thiophene rings is 1. The Morgan fingerprint density at radius 2 is 0.523 bits per heavy atom. The van der Waals surface area contributed by atoms with Crippen molar-refractivity contribution in [3.05, 3.63) is 279 Å². The Morgan fingerprint density at radius 1 is 0.209 bits per heavy atom. The zero-order chi connectivity index (χ0) is 56.9. The molecule has 0 N–H and O–H groups in total. The summed E-state index contributed by atoms with van der Waals surface area (Å²) in [5, 5.41) is 4.46. The van der Waals surface area contributed by atoms with E-state index in [9.17, 15) is 0 Å². The lowest BCUT2D eigenvalue weighted by Gasteiger charge is -2.17. The van der Waals surface area contributed by atoms with Gasteiger partial charge >= 0.3 is 0 Å². The predicted octanol–water partition coefficient (Wildman–Crippen LogP) is 18.4. The molecule has 16 rings (SSSR count). The van der Waals surface area contributed by atoms with Gasteiger partial charge in [-0.3, -0.25) is 0 Å². The van der Waals surface area contributed by atoms with Crippen LogP contribution in [0.25, 0.3) is 161 Å². The molecule has 402 valence electrons. The second kappa shape index (κ2) is 21.3. The number of hydrogen-bond acceptors (Lipinski definition) is 10. The van der Waals surface area contributed by atoms with E-state index in [2.05, 4.69) is 102 Å².